The summed E-state index contributed by atoms with van der Waals surface area (Å²) in [6.45, 7) is 6.07. The molecule has 0 saturated carbocycles. The summed E-state index contributed by atoms with van der Waals surface area (Å²) in [6.07, 6.45) is 4.56. The van der Waals surface area contributed by atoms with Gasteiger partial charge in [0.25, 0.3) is 0 Å². The fourth-order valence-corrected chi connectivity index (χ4v) is 3.53. The molecule has 6 heteroatoms. The fourth-order valence-electron chi connectivity index (χ4n) is 2.46. The van der Waals surface area contributed by atoms with Gasteiger partial charge in [0.2, 0.25) is 0 Å². The molecule has 0 aliphatic rings. The van der Waals surface area contributed by atoms with E-state index < -0.39 is 9.84 Å². The Labute approximate surface area is 157 Å². The maximum absolute atomic E-state index is 12.1. The van der Waals surface area contributed by atoms with Crippen LogP contribution in [0.15, 0.2) is 18.2 Å². The van der Waals surface area contributed by atoms with Crippen molar-refractivity contribution in [1.29, 1.82) is 0 Å². The van der Waals surface area contributed by atoms with Crippen LogP contribution in [0.1, 0.15) is 64.9 Å². The van der Waals surface area contributed by atoms with Crippen molar-refractivity contribution in [1.82, 2.24) is 0 Å². The molecule has 0 fully saturated rings. The highest BCUT2D eigenvalue weighted by atomic mass is 32.2. The van der Waals surface area contributed by atoms with Crippen molar-refractivity contribution >= 4 is 15.6 Å². The zero-order chi connectivity index (χ0) is 19.6. The Balaban J connectivity index is 2.34. The van der Waals surface area contributed by atoms with Gasteiger partial charge in [-0.15, -0.1) is 0 Å². The molecule has 148 valence electrons. The topological polar surface area (TPSA) is 80.7 Å². The lowest BCUT2D eigenvalue weighted by Gasteiger charge is -2.09. The molecule has 0 atom stereocenters. The van der Waals surface area contributed by atoms with Crippen LogP contribution in [0.2, 0.25) is 0 Å². The highest BCUT2D eigenvalue weighted by Gasteiger charge is 2.15. The average Bonchev–Trinajstić information content (AvgIpc) is 2.57. The summed E-state index contributed by atoms with van der Waals surface area (Å²) in [5.74, 6) is 0.916. The molecule has 1 rings (SSSR count). The standard InChI is InChI=1S/C20H32O5S/c1-4-5-12-25-19-11-10-17(20(22)15-19)14-18(21)9-7-6-8-13-26(23,24)16(2)3/h10-11,15-16,22H,4-9,12-14H2,1-3H3. The number of aromatic hydroxyl groups is 1. The van der Waals surface area contributed by atoms with E-state index >= 15 is 0 Å². The first-order valence-electron chi connectivity index (χ1n) is 9.44. The van der Waals surface area contributed by atoms with Crippen LogP contribution >= 0.6 is 0 Å². The molecule has 5 nitrogen and oxygen atoms in total. The maximum atomic E-state index is 12.1. The number of phenols is 1. The lowest BCUT2D eigenvalue weighted by molar-refractivity contribution is -0.118. The number of carbonyl (C=O) groups excluding carboxylic acids is 1. The van der Waals surface area contributed by atoms with E-state index in [1.54, 1.807) is 32.0 Å². The molecule has 1 aromatic carbocycles. The Morgan fingerprint density at radius 1 is 1.15 bits per heavy atom. The third-order valence-corrected chi connectivity index (χ3v) is 6.61. The Hall–Kier alpha value is -1.56. The molecule has 0 amide bonds. The van der Waals surface area contributed by atoms with E-state index in [9.17, 15) is 18.3 Å². The van der Waals surface area contributed by atoms with Gasteiger partial charge in [-0.3, -0.25) is 4.79 Å². The molecule has 0 spiro atoms. The molecule has 0 aliphatic carbocycles. The minimum absolute atomic E-state index is 0.0478. The van der Waals surface area contributed by atoms with E-state index in [0.29, 0.717) is 43.6 Å². The van der Waals surface area contributed by atoms with E-state index in [0.717, 1.165) is 12.8 Å². The van der Waals surface area contributed by atoms with E-state index in [1.165, 1.54) is 0 Å². The number of carbonyl (C=O) groups is 1. The molecule has 0 bridgehead atoms. The number of ketones is 1. The number of hydrogen-bond acceptors (Lipinski definition) is 5. The number of hydrogen-bond donors (Lipinski definition) is 1. The molecule has 1 N–H and O–H groups in total. The van der Waals surface area contributed by atoms with Crippen LogP contribution in [-0.2, 0) is 21.1 Å². The van der Waals surface area contributed by atoms with Crippen molar-refractivity contribution in [2.45, 2.75) is 71.0 Å². The second-order valence-corrected chi connectivity index (χ2v) is 9.61. The van der Waals surface area contributed by atoms with Gasteiger partial charge in [0.15, 0.2) is 9.84 Å². The first kappa shape index (κ1) is 22.5. The van der Waals surface area contributed by atoms with Gasteiger partial charge < -0.3 is 9.84 Å². The van der Waals surface area contributed by atoms with Crippen molar-refractivity contribution in [3.8, 4) is 11.5 Å². The molecule has 0 aromatic heterocycles. The summed E-state index contributed by atoms with van der Waals surface area (Å²) in [5, 5.41) is 9.70. The fraction of sp³-hybridized carbons (Fsp3) is 0.650. The van der Waals surface area contributed by atoms with Gasteiger partial charge in [0, 0.05) is 24.5 Å². The van der Waals surface area contributed by atoms with Gasteiger partial charge in [-0.2, -0.15) is 0 Å². The van der Waals surface area contributed by atoms with Gasteiger partial charge >= 0.3 is 0 Å². The molecule has 0 heterocycles. The van der Waals surface area contributed by atoms with Crippen molar-refractivity contribution in [2.24, 2.45) is 0 Å². The number of benzene rings is 1. The summed E-state index contributed by atoms with van der Waals surface area (Å²) in [7, 11) is -3.00. The highest BCUT2D eigenvalue weighted by molar-refractivity contribution is 7.91. The molecular formula is C20H32O5S. The minimum Gasteiger partial charge on any atom is -0.508 e. The van der Waals surface area contributed by atoms with Crippen molar-refractivity contribution in [2.75, 3.05) is 12.4 Å². The molecule has 0 radical (unpaired) electrons. The third-order valence-electron chi connectivity index (χ3n) is 4.31. The van der Waals surface area contributed by atoms with Crippen LogP contribution in [0, 0.1) is 0 Å². The van der Waals surface area contributed by atoms with E-state index in [-0.39, 0.29) is 29.0 Å². The predicted molar refractivity (Wildman–Crippen MR) is 105 cm³/mol. The maximum Gasteiger partial charge on any atom is 0.152 e. The SMILES string of the molecule is CCCCOc1ccc(CC(=O)CCCCCS(=O)(=O)C(C)C)c(O)c1. The monoisotopic (exact) mass is 384 g/mol. The van der Waals surface area contributed by atoms with Gasteiger partial charge in [-0.25, -0.2) is 8.42 Å². The van der Waals surface area contributed by atoms with Gasteiger partial charge in [-0.05, 0) is 39.2 Å². The summed E-state index contributed by atoms with van der Waals surface area (Å²) in [4.78, 5) is 12.1. The summed E-state index contributed by atoms with van der Waals surface area (Å²) >= 11 is 0. The van der Waals surface area contributed by atoms with Crippen molar-refractivity contribution < 1.29 is 23.1 Å². The summed E-state index contributed by atoms with van der Waals surface area (Å²) < 4.78 is 29.0. The Morgan fingerprint density at radius 3 is 2.50 bits per heavy atom. The Morgan fingerprint density at radius 2 is 1.88 bits per heavy atom. The average molecular weight is 385 g/mol. The van der Waals surface area contributed by atoms with Crippen molar-refractivity contribution in [3.63, 3.8) is 0 Å². The lowest BCUT2D eigenvalue weighted by Crippen LogP contribution is -2.17. The second kappa shape index (κ2) is 11.2. The van der Waals surface area contributed by atoms with E-state index in [4.69, 9.17) is 4.74 Å². The number of rotatable bonds is 13. The number of sulfone groups is 1. The number of unbranched alkanes of at least 4 members (excludes halogenated alkanes) is 3. The minimum atomic E-state index is -3.00. The van der Waals surface area contributed by atoms with Crippen LogP contribution < -0.4 is 4.74 Å². The number of Topliss-reactive ketones (excluding diaryl/α,β-unsaturated/α-hetero) is 1. The first-order valence-corrected chi connectivity index (χ1v) is 11.2. The Kier molecular flexibility index (Phi) is 9.70. The summed E-state index contributed by atoms with van der Waals surface area (Å²) in [5.41, 5.74) is 0.597. The highest BCUT2D eigenvalue weighted by Crippen LogP contribution is 2.25. The normalized spacial score (nSPS) is 11.7. The van der Waals surface area contributed by atoms with Gasteiger partial charge in [-0.1, -0.05) is 25.8 Å². The van der Waals surface area contributed by atoms with Crippen LogP contribution in [-0.4, -0.2) is 36.9 Å². The third kappa shape index (κ3) is 8.21. The predicted octanol–water partition coefficient (Wildman–Crippen LogP) is 4.07. The zero-order valence-electron chi connectivity index (χ0n) is 16.2. The largest absolute Gasteiger partial charge is 0.508 e. The van der Waals surface area contributed by atoms with Crippen LogP contribution in [0.3, 0.4) is 0 Å². The molecule has 0 unspecified atom stereocenters. The van der Waals surface area contributed by atoms with Gasteiger partial charge in [0.1, 0.15) is 17.3 Å². The zero-order valence-corrected chi connectivity index (χ0v) is 17.0. The number of phenolic OH excluding ortho intramolecular Hbond substituents is 1. The Bertz CT molecular complexity index is 665. The molecule has 26 heavy (non-hydrogen) atoms. The molecule has 0 saturated heterocycles. The molecule has 0 aliphatic heterocycles. The second-order valence-electron chi connectivity index (χ2n) is 6.93. The van der Waals surface area contributed by atoms with Crippen molar-refractivity contribution in [3.05, 3.63) is 23.8 Å². The first-order chi connectivity index (χ1) is 12.3. The van der Waals surface area contributed by atoms with Crippen LogP contribution in [0.25, 0.3) is 0 Å². The summed E-state index contributed by atoms with van der Waals surface area (Å²) in [6, 6.07) is 5.05. The molecule has 1 aromatic rings. The molecular weight excluding hydrogens is 352 g/mol. The van der Waals surface area contributed by atoms with E-state index in [1.807, 2.05) is 0 Å². The van der Waals surface area contributed by atoms with Gasteiger partial charge in [0.05, 0.1) is 17.6 Å². The lowest BCUT2D eigenvalue weighted by atomic mass is 10.0. The quantitative estimate of drug-likeness (QED) is 0.519. The number of ether oxygens (including phenoxy) is 1. The van der Waals surface area contributed by atoms with E-state index in [2.05, 4.69) is 6.92 Å². The van der Waals surface area contributed by atoms with Crippen LogP contribution in [0.5, 0.6) is 11.5 Å². The van der Waals surface area contributed by atoms with Crippen LogP contribution in [0.4, 0.5) is 0 Å². The smallest absolute Gasteiger partial charge is 0.152 e.